The minimum absolute atomic E-state index is 0.0532. The lowest BCUT2D eigenvalue weighted by molar-refractivity contribution is 0.0855. The number of carbonyl (C=O) groups excluding carboxylic acids is 1. The van der Waals surface area contributed by atoms with Crippen LogP contribution in [-0.4, -0.2) is 25.3 Å². The lowest BCUT2D eigenvalue weighted by atomic mass is 10.0. The van der Waals surface area contributed by atoms with Gasteiger partial charge in [-0.15, -0.1) is 0 Å². The van der Waals surface area contributed by atoms with Crippen LogP contribution in [-0.2, 0) is 4.74 Å². The molecule has 0 aliphatic carbocycles. The Labute approximate surface area is 66.1 Å². The Hall–Kier alpha value is -0.770. The van der Waals surface area contributed by atoms with Crippen molar-refractivity contribution in [2.24, 2.45) is 11.7 Å². The predicted molar refractivity (Wildman–Crippen MR) is 41.1 cm³/mol. The molecule has 2 atom stereocenters. The summed E-state index contributed by atoms with van der Waals surface area (Å²) in [4.78, 5) is 10.3. The van der Waals surface area contributed by atoms with E-state index in [1.165, 1.54) is 0 Å². The van der Waals surface area contributed by atoms with Gasteiger partial charge in [-0.3, -0.25) is 0 Å². The van der Waals surface area contributed by atoms with Gasteiger partial charge in [0.2, 0.25) is 0 Å². The van der Waals surface area contributed by atoms with Gasteiger partial charge in [0, 0.05) is 12.5 Å². The summed E-state index contributed by atoms with van der Waals surface area (Å²) >= 11 is 0. The molecule has 0 saturated carbocycles. The van der Waals surface area contributed by atoms with Gasteiger partial charge in [0.1, 0.15) is 6.10 Å². The highest BCUT2D eigenvalue weighted by Gasteiger charge is 2.23. The Morgan fingerprint density at radius 3 is 3.00 bits per heavy atom. The standard InChI is InChI=1S/C7H14N2O2/c1-5(11-7(8)10)6-2-3-9-4-6/h5-6,9H,2-4H2,1H3,(H2,8,10)/t5-,6+/m0/s1. The molecule has 1 rings (SSSR count). The Morgan fingerprint density at radius 2 is 2.55 bits per heavy atom. The van der Waals surface area contributed by atoms with E-state index in [4.69, 9.17) is 10.5 Å². The third-order valence-electron chi connectivity index (χ3n) is 2.06. The molecule has 0 unspecified atom stereocenters. The number of rotatable bonds is 2. The molecule has 0 radical (unpaired) electrons. The van der Waals surface area contributed by atoms with E-state index in [0.29, 0.717) is 5.92 Å². The maximum absolute atomic E-state index is 10.3. The number of hydrogen-bond donors (Lipinski definition) is 2. The van der Waals surface area contributed by atoms with Crippen LogP contribution in [0, 0.1) is 5.92 Å². The van der Waals surface area contributed by atoms with Gasteiger partial charge in [0.25, 0.3) is 0 Å². The quantitative estimate of drug-likeness (QED) is 0.598. The fourth-order valence-electron chi connectivity index (χ4n) is 1.36. The van der Waals surface area contributed by atoms with Gasteiger partial charge in [0.05, 0.1) is 0 Å². The summed E-state index contributed by atoms with van der Waals surface area (Å²) in [5.74, 6) is 0.433. The number of hydrogen-bond acceptors (Lipinski definition) is 3. The van der Waals surface area contributed by atoms with E-state index in [2.05, 4.69) is 5.32 Å². The maximum atomic E-state index is 10.3. The average molecular weight is 158 g/mol. The minimum atomic E-state index is -0.676. The second-order valence-corrected chi connectivity index (χ2v) is 2.89. The van der Waals surface area contributed by atoms with Crippen LogP contribution in [0.15, 0.2) is 0 Å². The van der Waals surface area contributed by atoms with Gasteiger partial charge in [-0.05, 0) is 19.9 Å². The molecule has 4 nitrogen and oxygen atoms in total. The van der Waals surface area contributed by atoms with Crippen molar-refractivity contribution in [1.82, 2.24) is 5.32 Å². The van der Waals surface area contributed by atoms with Crippen LogP contribution in [0.25, 0.3) is 0 Å². The smallest absolute Gasteiger partial charge is 0.404 e. The van der Waals surface area contributed by atoms with Crippen LogP contribution < -0.4 is 11.1 Å². The summed E-state index contributed by atoms with van der Waals surface area (Å²) in [5, 5.41) is 3.19. The first-order chi connectivity index (χ1) is 5.20. The molecule has 0 aromatic rings. The van der Waals surface area contributed by atoms with Crippen LogP contribution in [0.3, 0.4) is 0 Å². The fourth-order valence-corrected chi connectivity index (χ4v) is 1.36. The first-order valence-corrected chi connectivity index (χ1v) is 3.87. The zero-order valence-corrected chi connectivity index (χ0v) is 6.67. The maximum Gasteiger partial charge on any atom is 0.404 e. The van der Waals surface area contributed by atoms with Crippen molar-refractivity contribution in [3.05, 3.63) is 0 Å². The number of nitrogens with two attached hydrogens (primary N) is 1. The molecule has 1 aliphatic rings. The Bertz CT molecular complexity index is 143. The monoisotopic (exact) mass is 158 g/mol. The molecule has 1 heterocycles. The van der Waals surface area contributed by atoms with E-state index >= 15 is 0 Å². The molecule has 0 aromatic heterocycles. The molecule has 64 valence electrons. The van der Waals surface area contributed by atoms with Gasteiger partial charge >= 0.3 is 6.09 Å². The van der Waals surface area contributed by atoms with E-state index < -0.39 is 6.09 Å². The van der Waals surface area contributed by atoms with Crippen molar-refractivity contribution in [2.45, 2.75) is 19.4 Å². The highest BCUT2D eigenvalue weighted by atomic mass is 16.6. The molecule has 0 aromatic carbocycles. The van der Waals surface area contributed by atoms with Crippen LogP contribution in [0.4, 0.5) is 4.79 Å². The molecule has 0 bridgehead atoms. The molecule has 1 aliphatic heterocycles. The fraction of sp³-hybridized carbons (Fsp3) is 0.857. The Balaban J connectivity index is 2.28. The lowest BCUT2D eigenvalue weighted by Gasteiger charge is -2.16. The predicted octanol–water partition coefficient (Wildman–Crippen LogP) is 0.0797. The molecule has 1 fully saturated rings. The van der Waals surface area contributed by atoms with Crippen molar-refractivity contribution in [2.75, 3.05) is 13.1 Å². The van der Waals surface area contributed by atoms with Crippen LogP contribution in [0.5, 0.6) is 0 Å². The number of amides is 1. The van der Waals surface area contributed by atoms with E-state index in [1.54, 1.807) is 0 Å². The Kier molecular flexibility index (Phi) is 2.70. The number of nitrogens with one attached hydrogen (secondary N) is 1. The van der Waals surface area contributed by atoms with Crippen molar-refractivity contribution >= 4 is 6.09 Å². The second kappa shape index (κ2) is 3.57. The minimum Gasteiger partial charge on any atom is -0.446 e. The zero-order valence-electron chi connectivity index (χ0n) is 6.67. The van der Waals surface area contributed by atoms with Gasteiger partial charge in [-0.25, -0.2) is 4.79 Å². The zero-order chi connectivity index (χ0) is 8.27. The van der Waals surface area contributed by atoms with E-state index in [-0.39, 0.29) is 6.10 Å². The summed E-state index contributed by atoms with van der Waals surface area (Å²) in [6.45, 7) is 3.81. The highest BCUT2D eigenvalue weighted by molar-refractivity contribution is 5.64. The van der Waals surface area contributed by atoms with Crippen LogP contribution in [0.2, 0.25) is 0 Å². The van der Waals surface area contributed by atoms with Crippen molar-refractivity contribution < 1.29 is 9.53 Å². The van der Waals surface area contributed by atoms with Gasteiger partial charge in [-0.1, -0.05) is 0 Å². The Morgan fingerprint density at radius 1 is 1.82 bits per heavy atom. The van der Waals surface area contributed by atoms with Crippen molar-refractivity contribution in [1.29, 1.82) is 0 Å². The van der Waals surface area contributed by atoms with Gasteiger partial charge in [-0.2, -0.15) is 0 Å². The first kappa shape index (κ1) is 8.33. The molecule has 4 heteroatoms. The summed E-state index contributed by atoms with van der Waals surface area (Å²) in [5.41, 5.74) is 4.88. The summed E-state index contributed by atoms with van der Waals surface area (Å²) in [7, 11) is 0. The topological polar surface area (TPSA) is 64.3 Å². The highest BCUT2D eigenvalue weighted by Crippen LogP contribution is 2.14. The first-order valence-electron chi connectivity index (χ1n) is 3.87. The van der Waals surface area contributed by atoms with Crippen LogP contribution >= 0.6 is 0 Å². The second-order valence-electron chi connectivity index (χ2n) is 2.89. The molecule has 1 amide bonds. The molecular formula is C7H14N2O2. The van der Waals surface area contributed by atoms with Gasteiger partial charge < -0.3 is 15.8 Å². The molecule has 3 N–H and O–H groups in total. The molecule has 11 heavy (non-hydrogen) atoms. The third kappa shape index (κ3) is 2.38. The van der Waals surface area contributed by atoms with Gasteiger partial charge in [0.15, 0.2) is 0 Å². The molecular weight excluding hydrogens is 144 g/mol. The number of carbonyl (C=O) groups is 1. The summed E-state index contributed by atoms with van der Waals surface area (Å²) in [6.07, 6.45) is 0.334. The van der Waals surface area contributed by atoms with E-state index in [9.17, 15) is 4.79 Å². The van der Waals surface area contributed by atoms with Crippen molar-refractivity contribution in [3.63, 3.8) is 0 Å². The summed E-state index contributed by atoms with van der Waals surface area (Å²) in [6, 6.07) is 0. The van der Waals surface area contributed by atoms with E-state index in [1.807, 2.05) is 6.92 Å². The van der Waals surface area contributed by atoms with Crippen LogP contribution in [0.1, 0.15) is 13.3 Å². The summed E-state index contributed by atoms with van der Waals surface area (Å²) < 4.78 is 4.83. The third-order valence-corrected chi connectivity index (χ3v) is 2.06. The largest absolute Gasteiger partial charge is 0.446 e. The average Bonchev–Trinajstić information content (AvgIpc) is 2.35. The number of ether oxygens (including phenoxy) is 1. The number of primary amides is 1. The SMILES string of the molecule is C[C@H](OC(N)=O)[C@@H]1CCNC1. The lowest BCUT2D eigenvalue weighted by Crippen LogP contribution is -2.28. The van der Waals surface area contributed by atoms with E-state index in [0.717, 1.165) is 19.5 Å². The molecule has 1 saturated heterocycles. The van der Waals surface area contributed by atoms with Crippen molar-refractivity contribution in [3.8, 4) is 0 Å². The normalized spacial score (nSPS) is 26.5. The molecule has 0 spiro atoms.